The fourth-order valence-electron chi connectivity index (χ4n) is 1.45. The van der Waals surface area contributed by atoms with Crippen LogP contribution in [0.4, 0.5) is 0 Å². The number of rotatable bonds is 9. The molecule has 0 aromatic heterocycles. The maximum absolute atomic E-state index is 11.4. The molecule has 0 saturated heterocycles. The van der Waals surface area contributed by atoms with Crippen LogP contribution in [0.3, 0.4) is 0 Å². The molecule has 0 bridgehead atoms. The van der Waals surface area contributed by atoms with Crippen LogP contribution in [-0.2, 0) is 4.79 Å². The summed E-state index contributed by atoms with van der Waals surface area (Å²) >= 11 is 1.50. The number of hydrogen-bond donors (Lipinski definition) is 4. The number of aliphatic hydroxyl groups excluding tert-OH is 2. The highest BCUT2D eigenvalue weighted by Gasteiger charge is 2.30. The first kappa shape index (κ1) is 16.7. The minimum atomic E-state index is -0.717. The molecule has 0 fully saturated rings. The lowest BCUT2D eigenvalue weighted by atomic mass is 9.97. The topological polar surface area (TPSA) is 95.6 Å². The predicted octanol–water partition coefficient (Wildman–Crippen LogP) is -0.295. The molecule has 2 unspecified atom stereocenters. The Morgan fingerprint density at radius 2 is 2.12 bits per heavy atom. The van der Waals surface area contributed by atoms with Crippen LogP contribution in [-0.4, -0.2) is 51.9 Å². The van der Waals surface area contributed by atoms with Gasteiger partial charge in [0, 0.05) is 11.8 Å². The summed E-state index contributed by atoms with van der Waals surface area (Å²) in [6, 6.07) is 0.181. The van der Waals surface area contributed by atoms with E-state index < -0.39 is 11.6 Å². The van der Waals surface area contributed by atoms with E-state index in [1.165, 1.54) is 11.8 Å². The molecule has 1 amide bonds. The third-order valence-corrected chi connectivity index (χ3v) is 3.53. The van der Waals surface area contributed by atoms with Gasteiger partial charge in [0.2, 0.25) is 5.91 Å². The first-order chi connectivity index (χ1) is 7.81. The molecule has 0 radical (unpaired) electrons. The summed E-state index contributed by atoms with van der Waals surface area (Å²) in [5.41, 5.74) is 4.67. The molecule has 102 valence electrons. The molecule has 17 heavy (non-hydrogen) atoms. The van der Waals surface area contributed by atoms with Crippen molar-refractivity contribution in [3.8, 4) is 0 Å². The number of carbonyl (C=O) groups is 1. The SMILES string of the molecule is CC(C)NC(C)(CCSCC(O)CO)C(N)=O. The monoisotopic (exact) mass is 264 g/mol. The zero-order valence-electron chi connectivity index (χ0n) is 10.8. The van der Waals surface area contributed by atoms with Gasteiger partial charge in [-0.2, -0.15) is 11.8 Å². The number of aliphatic hydroxyl groups is 2. The molecular weight excluding hydrogens is 240 g/mol. The quantitative estimate of drug-likeness (QED) is 0.429. The molecule has 0 aliphatic rings. The largest absolute Gasteiger partial charge is 0.394 e. The Hall–Kier alpha value is -0.300. The highest BCUT2D eigenvalue weighted by Crippen LogP contribution is 2.15. The van der Waals surface area contributed by atoms with Crippen LogP contribution < -0.4 is 11.1 Å². The van der Waals surface area contributed by atoms with Gasteiger partial charge in [-0.25, -0.2) is 0 Å². The Kier molecular flexibility index (Phi) is 7.78. The lowest BCUT2D eigenvalue weighted by Gasteiger charge is -2.29. The van der Waals surface area contributed by atoms with Gasteiger partial charge in [-0.3, -0.25) is 4.79 Å². The summed E-state index contributed by atoms with van der Waals surface area (Å²) in [5, 5.41) is 21.0. The Morgan fingerprint density at radius 3 is 2.53 bits per heavy atom. The van der Waals surface area contributed by atoms with Gasteiger partial charge < -0.3 is 21.3 Å². The number of nitrogens with two attached hydrogens (primary N) is 1. The van der Waals surface area contributed by atoms with E-state index in [0.29, 0.717) is 17.9 Å². The molecule has 0 aromatic carbocycles. The van der Waals surface area contributed by atoms with E-state index in [9.17, 15) is 4.79 Å². The van der Waals surface area contributed by atoms with Gasteiger partial charge >= 0.3 is 0 Å². The van der Waals surface area contributed by atoms with Crippen LogP contribution in [0.15, 0.2) is 0 Å². The van der Waals surface area contributed by atoms with Crippen LogP contribution in [0.25, 0.3) is 0 Å². The summed E-state index contributed by atoms with van der Waals surface area (Å²) < 4.78 is 0. The Labute approximate surface area is 107 Å². The molecule has 6 heteroatoms. The summed E-state index contributed by atoms with van der Waals surface area (Å²) in [6.45, 7) is 5.48. The fourth-order valence-corrected chi connectivity index (χ4v) is 2.55. The second-order valence-corrected chi connectivity index (χ2v) is 5.81. The van der Waals surface area contributed by atoms with E-state index in [2.05, 4.69) is 5.32 Å². The Balaban J connectivity index is 4.06. The molecule has 5 nitrogen and oxygen atoms in total. The number of hydrogen-bond acceptors (Lipinski definition) is 5. The first-order valence-electron chi connectivity index (χ1n) is 5.76. The zero-order valence-corrected chi connectivity index (χ0v) is 11.6. The number of primary amides is 1. The average molecular weight is 264 g/mol. The van der Waals surface area contributed by atoms with Gasteiger partial charge in [0.1, 0.15) is 0 Å². The molecule has 0 heterocycles. The third kappa shape index (κ3) is 6.88. The van der Waals surface area contributed by atoms with Crippen molar-refractivity contribution in [1.29, 1.82) is 0 Å². The number of nitrogens with one attached hydrogen (secondary N) is 1. The molecule has 0 aromatic rings. The smallest absolute Gasteiger partial charge is 0.237 e. The summed E-state index contributed by atoms with van der Waals surface area (Å²) in [4.78, 5) is 11.4. The van der Waals surface area contributed by atoms with E-state index in [4.69, 9.17) is 15.9 Å². The lowest BCUT2D eigenvalue weighted by Crippen LogP contribution is -2.55. The van der Waals surface area contributed by atoms with Crippen molar-refractivity contribution in [2.45, 2.75) is 44.9 Å². The molecule has 0 saturated carbocycles. The van der Waals surface area contributed by atoms with E-state index in [-0.39, 0.29) is 18.6 Å². The van der Waals surface area contributed by atoms with Gasteiger partial charge in [-0.1, -0.05) is 0 Å². The highest BCUT2D eigenvalue weighted by molar-refractivity contribution is 7.99. The minimum absolute atomic E-state index is 0.181. The molecule has 2 atom stereocenters. The van der Waals surface area contributed by atoms with E-state index in [0.717, 1.165) is 0 Å². The fraction of sp³-hybridized carbons (Fsp3) is 0.909. The minimum Gasteiger partial charge on any atom is -0.394 e. The van der Waals surface area contributed by atoms with Gasteiger partial charge in [0.25, 0.3) is 0 Å². The van der Waals surface area contributed by atoms with E-state index in [1.807, 2.05) is 13.8 Å². The van der Waals surface area contributed by atoms with Crippen LogP contribution in [0.1, 0.15) is 27.2 Å². The predicted molar refractivity (Wildman–Crippen MR) is 70.9 cm³/mol. The van der Waals surface area contributed by atoms with Crippen molar-refractivity contribution in [1.82, 2.24) is 5.32 Å². The van der Waals surface area contributed by atoms with Crippen LogP contribution in [0.5, 0.6) is 0 Å². The van der Waals surface area contributed by atoms with Crippen molar-refractivity contribution in [3.05, 3.63) is 0 Å². The van der Waals surface area contributed by atoms with Crippen LogP contribution in [0.2, 0.25) is 0 Å². The lowest BCUT2D eigenvalue weighted by molar-refractivity contribution is -0.124. The maximum atomic E-state index is 11.4. The van der Waals surface area contributed by atoms with E-state index in [1.54, 1.807) is 6.92 Å². The summed E-state index contributed by atoms with van der Waals surface area (Å²) in [6.07, 6.45) is -0.0959. The number of amides is 1. The summed E-state index contributed by atoms with van der Waals surface area (Å²) in [7, 11) is 0. The highest BCUT2D eigenvalue weighted by atomic mass is 32.2. The van der Waals surface area contributed by atoms with Gasteiger partial charge in [0.05, 0.1) is 18.2 Å². The number of carbonyl (C=O) groups excluding carboxylic acids is 1. The number of thioether (sulfide) groups is 1. The van der Waals surface area contributed by atoms with Crippen molar-refractivity contribution in [2.24, 2.45) is 5.73 Å². The summed E-state index contributed by atoms with van der Waals surface area (Å²) in [5.74, 6) is 0.804. The second kappa shape index (κ2) is 7.92. The molecule has 0 aliphatic heterocycles. The Morgan fingerprint density at radius 1 is 1.53 bits per heavy atom. The second-order valence-electron chi connectivity index (χ2n) is 4.66. The normalized spacial score (nSPS) is 16.8. The standard InChI is InChI=1S/C11H24N2O3S/c1-8(2)13-11(3,10(12)16)4-5-17-7-9(15)6-14/h8-9,13-15H,4-7H2,1-3H3,(H2,12,16). The van der Waals surface area contributed by atoms with Crippen LogP contribution in [0, 0.1) is 0 Å². The zero-order chi connectivity index (χ0) is 13.5. The van der Waals surface area contributed by atoms with Gasteiger partial charge in [-0.15, -0.1) is 0 Å². The van der Waals surface area contributed by atoms with Crippen molar-refractivity contribution in [2.75, 3.05) is 18.1 Å². The molecule has 0 spiro atoms. The maximum Gasteiger partial charge on any atom is 0.237 e. The first-order valence-corrected chi connectivity index (χ1v) is 6.91. The molecule has 0 rings (SSSR count). The van der Waals surface area contributed by atoms with Crippen LogP contribution >= 0.6 is 11.8 Å². The van der Waals surface area contributed by atoms with E-state index >= 15 is 0 Å². The molecular formula is C11H24N2O3S. The molecule has 0 aliphatic carbocycles. The Bertz CT molecular complexity index is 239. The average Bonchev–Trinajstić information content (AvgIpc) is 2.22. The third-order valence-electron chi connectivity index (χ3n) is 2.42. The van der Waals surface area contributed by atoms with Crippen molar-refractivity contribution >= 4 is 17.7 Å². The van der Waals surface area contributed by atoms with Gasteiger partial charge in [0.15, 0.2) is 0 Å². The molecule has 5 N–H and O–H groups in total. The van der Waals surface area contributed by atoms with Crippen molar-refractivity contribution in [3.63, 3.8) is 0 Å². The van der Waals surface area contributed by atoms with Gasteiger partial charge in [-0.05, 0) is 32.9 Å². The van der Waals surface area contributed by atoms with Crippen molar-refractivity contribution < 1.29 is 15.0 Å².